The molecule has 0 radical (unpaired) electrons. The van der Waals surface area contributed by atoms with Crippen LogP contribution >= 0.6 is 0 Å². The maximum atomic E-state index is 3.66. The Labute approximate surface area is 127 Å². The maximum absolute atomic E-state index is 3.66. The van der Waals surface area contributed by atoms with Crippen LogP contribution in [0.1, 0.15) is 16.7 Å². The van der Waals surface area contributed by atoms with Gasteiger partial charge in [0, 0.05) is 32.2 Å². The lowest BCUT2D eigenvalue weighted by Gasteiger charge is -2.34. The van der Waals surface area contributed by atoms with Gasteiger partial charge in [0.15, 0.2) is 0 Å². The first kappa shape index (κ1) is 14.3. The lowest BCUT2D eigenvalue weighted by Crippen LogP contribution is -2.51. The van der Waals surface area contributed by atoms with Gasteiger partial charge in [-0.1, -0.05) is 54.6 Å². The molecule has 1 heterocycles. The van der Waals surface area contributed by atoms with E-state index < -0.39 is 0 Å². The number of rotatable bonds is 4. The molecule has 2 nitrogen and oxygen atoms in total. The molecular formula is C19H24N2. The molecule has 0 spiro atoms. The van der Waals surface area contributed by atoms with E-state index in [9.17, 15) is 0 Å². The minimum absolute atomic E-state index is 0.560. The number of hydrogen-bond acceptors (Lipinski definition) is 2. The van der Waals surface area contributed by atoms with Crippen LogP contribution < -0.4 is 5.32 Å². The third-order valence-corrected chi connectivity index (χ3v) is 4.32. The van der Waals surface area contributed by atoms with Crippen LogP contribution in [0, 0.1) is 6.92 Å². The first-order valence-electron chi connectivity index (χ1n) is 7.85. The fourth-order valence-corrected chi connectivity index (χ4v) is 3.10. The van der Waals surface area contributed by atoms with E-state index in [0.717, 1.165) is 32.6 Å². The molecule has 1 saturated heterocycles. The van der Waals surface area contributed by atoms with Crippen LogP contribution in [0.5, 0.6) is 0 Å². The van der Waals surface area contributed by atoms with Gasteiger partial charge < -0.3 is 5.32 Å². The van der Waals surface area contributed by atoms with Crippen molar-refractivity contribution in [2.45, 2.75) is 25.9 Å². The van der Waals surface area contributed by atoms with E-state index >= 15 is 0 Å². The minimum atomic E-state index is 0.560. The Morgan fingerprint density at radius 3 is 2.62 bits per heavy atom. The molecule has 1 unspecified atom stereocenters. The standard InChI is InChI=1S/C19H24N2/c1-16-7-5-6-10-18(16)14-21-12-11-20-19(15-21)13-17-8-3-2-4-9-17/h2-10,19-20H,11-15H2,1H3. The van der Waals surface area contributed by atoms with Crippen LogP contribution in [-0.4, -0.2) is 30.6 Å². The largest absolute Gasteiger partial charge is 0.311 e. The predicted molar refractivity (Wildman–Crippen MR) is 88.4 cm³/mol. The van der Waals surface area contributed by atoms with Gasteiger partial charge >= 0.3 is 0 Å². The Kier molecular flexibility index (Phi) is 4.69. The number of piperazine rings is 1. The van der Waals surface area contributed by atoms with Gasteiger partial charge in [-0.15, -0.1) is 0 Å². The number of nitrogens with one attached hydrogen (secondary N) is 1. The summed E-state index contributed by atoms with van der Waals surface area (Å²) in [6.07, 6.45) is 1.12. The van der Waals surface area contributed by atoms with E-state index in [1.807, 2.05) is 0 Å². The molecule has 0 aromatic heterocycles. The van der Waals surface area contributed by atoms with Crippen molar-refractivity contribution in [2.24, 2.45) is 0 Å². The van der Waals surface area contributed by atoms with Gasteiger partial charge in [0.05, 0.1) is 0 Å². The molecule has 3 rings (SSSR count). The van der Waals surface area contributed by atoms with Gasteiger partial charge in [0.25, 0.3) is 0 Å². The van der Waals surface area contributed by atoms with Crippen molar-refractivity contribution in [3.8, 4) is 0 Å². The summed E-state index contributed by atoms with van der Waals surface area (Å²) >= 11 is 0. The minimum Gasteiger partial charge on any atom is -0.311 e. The summed E-state index contributed by atoms with van der Waals surface area (Å²) < 4.78 is 0. The van der Waals surface area contributed by atoms with Crippen molar-refractivity contribution in [1.29, 1.82) is 0 Å². The van der Waals surface area contributed by atoms with Crippen LogP contribution in [0.4, 0.5) is 0 Å². The van der Waals surface area contributed by atoms with Gasteiger partial charge in [0.1, 0.15) is 0 Å². The Morgan fingerprint density at radius 1 is 1.05 bits per heavy atom. The van der Waals surface area contributed by atoms with Crippen molar-refractivity contribution >= 4 is 0 Å². The van der Waals surface area contributed by atoms with Gasteiger partial charge in [0.2, 0.25) is 0 Å². The summed E-state index contributed by atoms with van der Waals surface area (Å²) in [4.78, 5) is 2.58. The van der Waals surface area contributed by atoms with E-state index in [-0.39, 0.29) is 0 Å². The smallest absolute Gasteiger partial charge is 0.0237 e. The third kappa shape index (κ3) is 3.93. The lowest BCUT2D eigenvalue weighted by molar-refractivity contribution is 0.191. The summed E-state index contributed by atoms with van der Waals surface area (Å²) in [6.45, 7) is 6.63. The molecule has 0 amide bonds. The van der Waals surface area contributed by atoms with Crippen LogP contribution in [0.15, 0.2) is 54.6 Å². The summed E-state index contributed by atoms with van der Waals surface area (Å²) in [5.74, 6) is 0. The normalized spacial score (nSPS) is 19.6. The predicted octanol–water partition coefficient (Wildman–Crippen LogP) is 3.01. The Morgan fingerprint density at radius 2 is 1.81 bits per heavy atom. The lowest BCUT2D eigenvalue weighted by atomic mass is 10.0. The molecule has 1 N–H and O–H groups in total. The fourth-order valence-electron chi connectivity index (χ4n) is 3.10. The van der Waals surface area contributed by atoms with E-state index in [4.69, 9.17) is 0 Å². The van der Waals surface area contributed by atoms with E-state index in [1.165, 1.54) is 16.7 Å². The SMILES string of the molecule is Cc1ccccc1CN1CCNC(Cc2ccccc2)C1. The Bertz CT molecular complexity index is 565. The molecule has 1 aliphatic heterocycles. The average molecular weight is 280 g/mol. The molecule has 2 heteroatoms. The Hall–Kier alpha value is -1.64. The van der Waals surface area contributed by atoms with E-state index in [0.29, 0.717) is 6.04 Å². The summed E-state index contributed by atoms with van der Waals surface area (Å²) in [7, 11) is 0. The molecule has 21 heavy (non-hydrogen) atoms. The summed E-state index contributed by atoms with van der Waals surface area (Å²) in [6, 6.07) is 20.1. The Balaban J connectivity index is 1.60. The fraction of sp³-hybridized carbons (Fsp3) is 0.368. The molecular weight excluding hydrogens is 256 g/mol. The second-order valence-electron chi connectivity index (χ2n) is 6.00. The second kappa shape index (κ2) is 6.88. The van der Waals surface area contributed by atoms with Crippen LogP contribution in [0.2, 0.25) is 0 Å². The molecule has 2 aromatic carbocycles. The summed E-state index contributed by atoms with van der Waals surface area (Å²) in [5, 5.41) is 3.66. The highest BCUT2D eigenvalue weighted by Gasteiger charge is 2.19. The van der Waals surface area contributed by atoms with Crippen molar-refractivity contribution < 1.29 is 0 Å². The first-order chi connectivity index (χ1) is 10.3. The van der Waals surface area contributed by atoms with Crippen molar-refractivity contribution in [1.82, 2.24) is 10.2 Å². The van der Waals surface area contributed by atoms with Gasteiger partial charge in [-0.2, -0.15) is 0 Å². The van der Waals surface area contributed by atoms with Gasteiger partial charge in [-0.05, 0) is 30.0 Å². The number of nitrogens with zero attached hydrogens (tertiary/aromatic N) is 1. The zero-order valence-electron chi connectivity index (χ0n) is 12.8. The average Bonchev–Trinajstić information content (AvgIpc) is 2.51. The van der Waals surface area contributed by atoms with Gasteiger partial charge in [-0.25, -0.2) is 0 Å². The monoisotopic (exact) mass is 280 g/mol. The second-order valence-corrected chi connectivity index (χ2v) is 6.00. The van der Waals surface area contributed by atoms with Crippen molar-refractivity contribution in [3.05, 3.63) is 71.3 Å². The van der Waals surface area contributed by atoms with Crippen LogP contribution in [0.25, 0.3) is 0 Å². The zero-order valence-corrected chi connectivity index (χ0v) is 12.8. The molecule has 0 saturated carbocycles. The molecule has 0 aliphatic carbocycles. The van der Waals surface area contributed by atoms with E-state index in [2.05, 4.69) is 71.7 Å². The van der Waals surface area contributed by atoms with Crippen molar-refractivity contribution in [2.75, 3.05) is 19.6 Å². The quantitative estimate of drug-likeness (QED) is 0.926. The number of aryl methyl sites for hydroxylation is 1. The highest BCUT2D eigenvalue weighted by molar-refractivity contribution is 5.25. The van der Waals surface area contributed by atoms with Crippen LogP contribution in [0.3, 0.4) is 0 Å². The maximum Gasteiger partial charge on any atom is 0.0237 e. The first-order valence-corrected chi connectivity index (χ1v) is 7.85. The topological polar surface area (TPSA) is 15.3 Å². The van der Waals surface area contributed by atoms with Gasteiger partial charge in [-0.3, -0.25) is 4.90 Å². The molecule has 110 valence electrons. The zero-order chi connectivity index (χ0) is 14.5. The summed E-state index contributed by atoms with van der Waals surface area (Å²) in [5.41, 5.74) is 4.28. The van der Waals surface area contributed by atoms with E-state index in [1.54, 1.807) is 0 Å². The molecule has 1 atom stereocenters. The third-order valence-electron chi connectivity index (χ3n) is 4.32. The molecule has 2 aromatic rings. The van der Waals surface area contributed by atoms with Crippen LogP contribution in [-0.2, 0) is 13.0 Å². The highest BCUT2D eigenvalue weighted by atomic mass is 15.2. The van der Waals surface area contributed by atoms with Crippen molar-refractivity contribution in [3.63, 3.8) is 0 Å². The molecule has 1 aliphatic rings. The number of benzene rings is 2. The highest BCUT2D eigenvalue weighted by Crippen LogP contribution is 2.13. The molecule has 0 bridgehead atoms. The molecule has 1 fully saturated rings. The number of hydrogen-bond donors (Lipinski definition) is 1.